The van der Waals surface area contributed by atoms with Gasteiger partial charge in [-0.25, -0.2) is 4.98 Å². The van der Waals surface area contributed by atoms with Gasteiger partial charge in [-0.3, -0.25) is 4.79 Å². The van der Waals surface area contributed by atoms with Gasteiger partial charge in [0.15, 0.2) is 0 Å². The number of imidazole rings is 1. The van der Waals surface area contributed by atoms with Crippen molar-refractivity contribution in [2.75, 3.05) is 0 Å². The lowest BCUT2D eigenvalue weighted by Crippen LogP contribution is -2.42. The maximum absolute atomic E-state index is 11.1. The molecule has 4 nitrogen and oxygen atoms in total. The van der Waals surface area contributed by atoms with Gasteiger partial charge in [0, 0.05) is 13.2 Å². The number of carboxylic acid groups (broad SMARTS) is 1. The third-order valence-electron chi connectivity index (χ3n) is 2.81. The lowest BCUT2D eigenvalue weighted by molar-refractivity contribution is -0.147. The number of carbonyl (C=O) groups is 1. The molecule has 1 N–H and O–H groups in total. The molecular formula is C9H12N2O2. The van der Waals surface area contributed by atoms with Gasteiger partial charge in [-0.05, 0) is 12.8 Å². The molecule has 0 aromatic carbocycles. The van der Waals surface area contributed by atoms with E-state index in [9.17, 15) is 4.79 Å². The lowest BCUT2D eigenvalue weighted by atomic mass is 9.67. The summed E-state index contributed by atoms with van der Waals surface area (Å²) in [5.74, 6) is -0.738. The zero-order valence-corrected chi connectivity index (χ0v) is 7.53. The van der Waals surface area contributed by atoms with Crippen molar-refractivity contribution in [2.24, 2.45) is 7.05 Å². The van der Waals surface area contributed by atoms with Crippen LogP contribution in [0.3, 0.4) is 0 Å². The fraction of sp³-hybridized carbons (Fsp3) is 0.556. The van der Waals surface area contributed by atoms with Gasteiger partial charge in [-0.15, -0.1) is 0 Å². The van der Waals surface area contributed by atoms with E-state index in [0.29, 0.717) is 5.69 Å². The normalized spacial score (nSPS) is 19.5. The second-order valence-corrected chi connectivity index (χ2v) is 3.67. The van der Waals surface area contributed by atoms with Crippen molar-refractivity contribution in [2.45, 2.75) is 24.7 Å². The summed E-state index contributed by atoms with van der Waals surface area (Å²) in [5.41, 5.74) is 0.0232. The minimum Gasteiger partial charge on any atom is -0.481 e. The molecule has 0 spiro atoms. The Hall–Kier alpha value is -1.32. The second-order valence-electron chi connectivity index (χ2n) is 3.67. The highest BCUT2D eigenvalue weighted by Crippen LogP contribution is 2.42. The molecule has 0 radical (unpaired) electrons. The first-order valence-corrected chi connectivity index (χ1v) is 4.37. The molecule has 0 bridgehead atoms. The van der Waals surface area contributed by atoms with Crippen molar-refractivity contribution in [3.63, 3.8) is 0 Å². The Labute approximate surface area is 76.2 Å². The first-order valence-electron chi connectivity index (χ1n) is 4.37. The smallest absolute Gasteiger partial charge is 0.315 e. The Bertz CT molecular complexity index is 339. The molecule has 0 amide bonds. The van der Waals surface area contributed by atoms with E-state index in [1.165, 1.54) is 0 Å². The third kappa shape index (κ3) is 1.05. The molecule has 0 atom stereocenters. The summed E-state index contributed by atoms with van der Waals surface area (Å²) in [4.78, 5) is 15.2. The summed E-state index contributed by atoms with van der Waals surface area (Å²) in [7, 11) is 1.85. The third-order valence-corrected chi connectivity index (χ3v) is 2.81. The fourth-order valence-corrected chi connectivity index (χ4v) is 1.77. The fourth-order valence-electron chi connectivity index (χ4n) is 1.77. The maximum atomic E-state index is 11.1. The number of aromatic nitrogens is 2. The standard InChI is InChI=1S/C9H12N2O2/c1-11-5-7(10-6-11)9(8(12)13)3-2-4-9/h5-6H,2-4H2,1H3,(H,12,13). The van der Waals surface area contributed by atoms with Crippen LogP contribution in [0.15, 0.2) is 12.5 Å². The maximum Gasteiger partial charge on any atom is 0.315 e. The molecule has 1 aliphatic rings. The summed E-state index contributed by atoms with van der Waals surface area (Å²) in [6.07, 6.45) is 5.88. The van der Waals surface area contributed by atoms with E-state index in [0.717, 1.165) is 19.3 Å². The summed E-state index contributed by atoms with van der Waals surface area (Å²) in [6.45, 7) is 0. The van der Waals surface area contributed by atoms with E-state index in [4.69, 9.17) is 5.11 Å². The van der Waals surface area contributed by atoms with Crippen LogP contribution in [-0.4, -0.2) is 20.6 Å². The predicted octanol–water partition coefficient (Wildman–Crippen LogP) is 0.926. The molecule has 0 unspecified atom stereocenters. The number of aryl methyl sites for hydroxylation is 1. The van der Waals surface area contributed by atoms with E-state index >= 15 is 0 Å². The molecule has 1 aromatic rings. The van der Waals surface area contributed by atoms with Crippen LogP contribution >= 0.6 is 0 Å². The van der Waals surface area contributed by atoms with Crippen molar-refractivity contribution in [3.05, 3.63) is 18.2 Å². The Morgan fingerprint density at radius 2 is 2.38 bits per heavy atom. The zero-order chi connectivity index (χ0) is 9.47. The van der Waals surface area contributed by atoms with Crippen molar-refractivity contribution in [1.82, 2.24) is 9.55 Å². The Balaban J connectivity index is 2.37. The summed E-state index contributed by atoms with van der Waals surface area (Å²) in [6, 6.07) is 0. The monoisotopic (exact) mass is 180 g/mol. The van der Waals surface area contributed by atoms with E-state index in [1.807, 2.05) is 7.05 Å². The highest BCUT2D eigenvalue weighted by atomic mass is 16.4. The van der Waals surface area contributed by atoms with Gasteiger partial charge in [-0.2, -0.15) is 0 Å². The van der Waals surface area contributed by atoms with Crippen LogP contribution in [0.5, 0.6) is 0 Å². The van der Waals surface area contributed by atoms with Gasteiger partial charge in [0.25, 0.3) is 0 Å². The topological polar surface area (TPSA) is 55.1 Å². The minimum atomic E-state index is -0.738. The molecule has 1 heterocycles. The number of aliphatic carboxylic acids is 1. The van der Waals surface area contributed by atoms with Gasteiger partial charge in [-0.1, -0.05) is 6.42 Å². The first-order chi connectivity index (χ1) is 6.15. The minimum absolute atomic E-state index is 0.679. The molecule has 2 rings (SSSR count). The van der Waals surface area contributed by atoms with Gasteiger partial charge in [0.1, 0.15) is 5.41 Å². The molecule has 1 aliphatic carbocycles. The SMILES string of the molecule is Cn1cnc(C2(C(=O)O)CCC2)c1. The Morgan fingerprint density at radius 1 is 1.69 bits per heavy atom. The molecule has 1 fully saturated rings. The quantitative estimate of drug-likeness (QED) is 0.736. The van der Waals surface area contributed by atoms with Crippen LogP contribution < -0.4 is 0 Å². The molecule has 0 saturated heterocycles. The van der Waals surface area contributed by atoms with Crippen molar-refractivity contribution >= 4 is 5.97 Å². The molecule has 0 aliphatic heterocycles. The highest BCUT2D eigenvalue weighted by molar-refractivity contribution is 5.81. The van der Waals surface area contributed by atoms with E-state index < -0.39 is 11.4 Å². The molecular weight excluding hydrogens is 168 g/mol. The molecule has 70 valence electrons. The van der Waals surface area contributed by atoms with Crippen molar-refractivity contribution in [3.8, 4) is 0 Å². The number of rotatable bonds is 2. The lowest BCUT2D eigenvalue weighted by Gasteiger charge is -2.35. The van der Waals surface area contributed by atoms with E-state index in [2.05, 4.69) is 4.98 Å². The first kappa shape index (κ1) is 8.29. The molecule has 1 saturated carbocycles. The van der Waals surface area contributed by atoms with Gasteiger partial charge < -0.3 is 9.67 Å². The average molecular weight is 180 g/mol. The van der Waals surface area contributed by atoms with Crippen LogP contribution in [0.4, 0.5) is 0 Å². The number of hydrogen-bond acceptors (Lipinski definition) is 2. The summed E-state index contributed by atoms with van der Waals surface area (Å²) < 4.78 is 1.79. The second kappa shape index (κ2) is 2.58. The molecule has 13 heavy (non-hydrogen) atoms. The highest BCUT2D eigenvalue weighted by Gasteiger charge is 2.47. The summed E-state index contributed by atoms with van der Waals surface area (Å²) >= 11 is 0. The average Bonchev–Trinajstić information content (AvgIpc) is 2.32. The van der Waals surface area contributed by atoms with Gasteiger partial charge >= 0.3 is 5.97 Å². The number of carboxylic acids is 1. The van der Waals surface area contributed by atoms with Crippen LogP contribution in [0, 0.1) is 0 Å². The van der Waals surface area contributed by atoms with Crippen molar-refractivity contribution in [1.29, 1.82) is 0 Å². The number of hydrogen-bond donors (Lipinski definition) is 1. The Morgan fingerprint density at radius 3 is 2.69 bits per heavy atom. The zero-order valence-electron chi connectivity index (χ0n) is 7.53. The van der Waals surface area contributed by atoms with Crippen LogP contribution in [0.2, 0.25) is 0 Å². The van der Waals surface area contributed by atoms with Crippen LogP contribution in [0.1, 0.15) is 25.0 Å². The van der Waals surface area contributed by atoms with E-state index in [1.54, 1.807) is 17.1 Å². The predicted molar refractivity (Wildman–Crippen MR) is 46.4 cm³/mol. The van der Waals surface area contributed by atoms with Gasteiger partial charge in [0.05, 0.1) is 12.0 Å². The van der Waals surface area contributed by atoms with Gasteiger partial charge in [0.2, 0.25) is 0 Å². The van der Waals surface area contributed by atoms with Crippen LogP contribution in [0.25, 0.3) is 0 Å². The molecule has 1 aromatic heterocycles. The largest absolute Gasteiger partial charge is 0.481 e. The van der Waals surface area contributed by atoms with E-state index in [-0.39, 0.29) is 0 Å². The summed E-state index contributed by atoms with van der Waals surface area (Å²) in [5, 5.41) is 9.10. The Kier molecular flexibility index (Phi) is 1.65. The van der Waals surface area contributed by atoms with Crippen molar-refractivity contribution < 1.29 is 9.90 Å². The number of nitrogens with zero attached hydrogens (tertiary/aromatic N) is 2. The molecule has 4 heteroatoms. The van der Waals surface area contributed by atoms with Crippen LogP contribution in [-0.2, 0) is 17.3 Å².